The highest BCUT2D eigenvalue weighted by Gasteiger charge is 2.11. The SMILES string of the molecule is CN(CCC#N)CC(=O)c1ccccc1Br. The lowest BCUT2D eigenvalue weighted by Crippen LogP contribution is -2.27. The standard InChI is InChI=1S/C12H13BrN2O/c1-15(8-4-7-14)9-12(16)10-5-2-3-6-11(10)13/h2-3,5-6H,4,8-9H2,1H3. The van der Waals surface area contributed by atoms with Crippen molar-refractivity contribution in [3.63, 3.8) is 0 Å². The van der Waals surface area contributed by atoms with Crippen LogP contribution in [0.25, 0.3) is 0 Å². The second-order valence-corrected chi connectivity index (χ2v) is 4.40. The third-order valence-corrected chi connectivity index (χ3v) is 2.88. The maximum absolute atomic E-state index is 11.9. The van der Waals surface area contributed by atoms with Gasteiger partial charge in [0.05, 0.1) is 12.6 Å². The number of benzene rings is 1. The molecule has 0 aromatic heterocycles. The minimum atomic E-state index is 0.0629. The normalized spacial score (nSPS) is 10.1. The Hall–Kier alpha value is -1.18. The van der Waals surface area contributed by atoms with Crippen molar-refractivity contribution in [3.05, 3.63) is 34.3 Å². The van der Waals surface area contributed by atoms with Crippen LogP contribution in [0.15, 0.2) is 28.7 Å². The van der Waals surface area contributed by atoms with E-state index in [4.69, 9.17) is 5.26 Å². The number of halogens is 1. The lowest BCUT2D eigenvalue weighted by Gasteiger charge is -2.14. The van der Waals surface area contributed by atoms with Gasteiger partial charge in [-0.1, -0.05) is 34.1 Å². The molecule has 0 atom stereocenters. The summed E-state index contributed by atoms with van der Waals surface area (Å²) in [6.45, 7) is 0.955. The lowest BCUT2D eigenvalue weighted by molar-refractivity contribution is 0.0946. The number of hydrogen-bond donors (Lipinski definition) is 0. The van der Waals surface area contributed by atoms with Crippen LogP contribution in [0, 0.1) is 11.3 Å². The zero-order valence-corrected chi connectivity index (χ0v) is 10.7. The molecule has 0 amide bonds. The van der Waals surface area contributed by atoms with Crippen molar-refractivity contribution in [2.75, 3.05) is 20.1 Å². The van der Waals surface area contributed by atoms with Gasteiger partial charge in [-0.05, 0) is 13.1 Å². The second-order valence-electron chi connectivity index (χ2n) is 3.55. The number of rotatable bonds is 5. The number of carbonyl (C=O) groups is 1. The fourth-order valence-corrected chi connectivity index (χ4v) is 1.84. The van der Waals surface area contributed by atoms with E-state index in [1.54, 1.807) is 6.07 Å². The Kier molecular flexibility index (Phi) is 5.17. The largest absolute Gasteiger partial charge is 0.298 e. The molecule has 0 radical (unpaired) electrons. The van der Waals surface area contributed by atoms with Gasteiger partial charge in [-0.3, -0.25) is 9.69 Å². The van der Waals surface area contributed by atoms with Gasteiger partial charge < -0.3 is 0 Å². The van der Waals surface area contributed by atoms with E-state index in [1.807, 2.05) is 30.1 Å². The number of hydrogen-bond acceptors (Lipinski definition) is 3. The molecular formula is C12H13BrN2O. The molecule has 0 fully saturated rings. The number of carbonyl (C=O) groups excluding carboxylic acids is 1. The number of nitrogens with zero attached hydrogens (tertiary/aromatic N) is 2. The van der Waals surface area contributed by atoms with Gasteiger partial charge in [0.1, 0.15) is 0 Å². The van der Waals surface area contributed by atoms with Gasteiger partial charge in [0.25, 0.3) is 0 Å². The molecule has 0 saturated carbocycles. The first-order chi connectivity index (χ1) is 7.65. The van der Waals surface area contributed by atoms with Crippen molar-refractivity contribution < 1.29 is 4.79 Å². The first-order valence-electron chi connectivity index (χ1n) is 4.98. The molecule has 0 spiro atoms. The number of Topliss-reactive ketones (excluding diaryl/α,β-unsaturated/α-hetero) is 1. The van der Waals surface area contributed by atoms with Gasteiger partial charge >= 0.3 is 0 Å². The first-order valence-corrected chi connectivity index (χ1v) is 5.77. The Morgan fingerprint density at radius 1 is 1.50 bits per heavy atom. The highest BCUT2D eigenvalue weighted by atomic mass is 79.9. The van der Waals surface area contributed by atoms with E-state index >= 15 is 0 Å². The summed E-state index contributed by atoms with van der Waals surface area (Å²) in [6.07, 6.45) is 0.444. The van der Waals surface area contributed by atoms with E-state index in [2.05, 4.69) is 22.0 Å². The van der Waals surface area contributed by atoms with Gasteiger partial charge in [0, 0.05) is 23.0 Å². The average Bonchev–Trinajstić information content (AvgIpc) is 2.26. The maximum Gasteiger partial charge on any atom is 0.177 e. The summed E-state index contributed by atoms with van der Waals surface area (Å²) in [7, 11) is 1.84. The molecule has 0 aliphatic carbocycles. The molecule has 4 heteroatoms. The average molecular weight is 281 g/mol. The molecule has 0 aliphatic rings. The molecule has 1 aromatic rings. The van der Waals surface area contributed by atoms with E-state index in [-0.39, 0.29) is 5.78 Å². The molecule has 84 valence electrons. The fraction of sp³-hybridized carbons (Fsp3) is 0.333. The molecule has 16 heavy (non-hydrogen) atoms. The topological polar surface area (TPSA) is 44.1 Å². The molecule has 0 heterocycles. The van der Waals surface area contributed by atoms with Crippen LogP contribution in [0.5, 0.6) is 0 Å². The number of nitriles is 1. The van der Waals surface area contributed by atoms with E-state index in [1.165, 1.54) is 0 Å². The molecule has 0 unspecified atom stereocenters. The van der Waals surface area contributed by atoms with Crippen LogP contribution in [0.4, 0.5) is 0 Å². The van der Waals surface area contributed by atoms with Crippen molar-refractivity contribution in [2.24, 2.45) is 0 Å². The summed E-state index contributed by atoms with van der Waals surface area (Å²) in [6, 6.07) is 9.42. The van der Waals surface area contributed by atoms with Crippen molar-refractivity contribution in [3.8, 4) is 6.07 Å². The summed E-state index contributed by atoms with van der Waals surface area (Å²) in [5.41, 5.74) is 0.686. The van der Waals surface area contributed by atoms with Gasteiger partial charge in [0.2, 0.25) is 0 Å². The molecule has 0 bridgehead atoms. The Bertz CT molecular complexity index is 412. The Labute approximate surface area is 104 Å². The summed E-state index contributed by atoms with van der Waals surface area (Å²) >= 11 is 3.35. The van der Waals surface area contributed by atoms with E-state index < -0.39 is 0 Å². The molecule has 1 aromatic carbocycles. The minimum absolute atomic E-state index is 0.0629. The van der Waals surface area contributed by atoms with Crippen molar-refractivity contribution >= 4 is 21.7 Å². The van der Waals surface area contributed by atoms with Gasteiger partial charge in [0.15, 0.2) is 5.78 Å². The zero-order valence-electron chi connectivity index (χ0n) is 9.11. The van der Waals surface area contributed by atoms with Crippen LogP contribution >= 0.6 is 15.9 Å². The summed E-state index contributed by atoms with van der Waals surface area (Å²) in [4.78, 5) is 13.7. The monoisotopic (exact) mass is 280 g/mol. The fourth-order valence-electron chi connectivity index (χ4n) is 1.34. The van der Waals surface area contributed by atoms with Crippen molar-refractivity contribution in [1.29, 1.82) is 5.26 Å². The van der Waals surface area contributed by atoms with Crippen molar-refractivity contribution in [1.82, 2.24) is 4.90 Å². The highest BCUT2D eigenvalue weighted by molar-refractivity contribution is 9.10. The first kappa shape index (κ1) is 12.9. The smallest absolute Gasteiger partial charge is 0.177 e. The lowest BCUT2D eigenvalue weighted by atomic mass is 10.1. The summed E-state index contributed by atoms with van der Waals surface area (Å²) < 4.78 is 0.814. The summed E-state index contributed by atoms with van der Waals surface area (Å²) in [5, 5.41) is 8.44. The third-order valence-electron chi connectivity index (χ3n) is 2.19. The third kappa shape index (κ3) is 3.76. The van der Waals surface area contributed by atoms with Gasteiger partial charge in [-0.15, -0.1) is 0 Å². The van der Waals surface area contributed by atoms with Crippen LogP contribution in [0.3, 0.4) is 0 Å². The van der Waals surface area contributed by atoms with Crippen LogP contribution in [0.2, 0.25) is 0 Å². The van der Waals surface area contributed by atoms with Crippen molar-refractivity contribution in [2.45, 2.75) is 6.42 Å². The zero-order chi connectivity index (χ0) is 12.0. The predicted octanol–water partition coefficient (Wildman–Crippen LogP) is 2.48. The van der Waals surface area contributed by atoms with Crippen LogP contribution in [0.1, 0.15) is 16.8 Å². The maximum atomic E-state index is 11.9. The van der Waals surface area contributed by atoms with E-state index in [0.29, 0.717) is 25.1 Å². The van der Waals surface area contributed by atoms with Gasteiger partial charge in [-0.2, -0.15) is 5.26 Å². The molecule has 0 saturated heterocycles. The molecular weight excluding hydrogens is 268 g/mol. The second kappa shape index (κ2) is 6.41. The van der Waals surface area contributed by atoms with Gasteiger partial charge in [-0.25, -0.2) is 0 Å². The van der Waals surface area contributed by atoms with Crippen LogP contribution in [-0.4, -0.2) is 30.8 Å². The quantitative estimate of drug-likeness (QED) is 0.779. The highest BCUT2D eigenvalue weighted by Crippen LogP contribution is 2.16. The molecule has 3 nitrogen and oxygen atoms in total. The predicted molar refractivity (Wildman–Crippen MR) is 66.2 cm³/mol. The Morgan fingerprint density at radius 3 is 2.81 bits per heavy atom. The minimum Gasteiger partial charge on any atom is -0.298 e. The van der Waals surface area contributed by atoms with Crippen LogP contribution < -0.4 is 0 Å². The molecule has 1 rings (SSSR count). The number of ketones is 1. The Balaban J connectivity index is 2.60. The number of likely N-dealkylation sites (N-methyl/N-ethyl adjacent to an activating group) is 1. The molecule has 0 N–H and O–H groups in total. The molecule has 0 aliphatic heterocycles. The van der Waals surface area contributed by atoms with E-state index in [9.17, 15) is 4.79 Å². The van der Waals surface area contributed by atoms with Crippen LogP contribution in [-0.2, 0) is 0 Å². The Morgan fingerprint density at radius 2 is 2.19 bits per heavy atom. The summed E-state index contributed by atoms with van der Waals surface area (Å²) in [5.74, 6) is 0.0629. The van der Waals surface area contributed by atoms with E-state index in [0.717, 1.165) is 4.47 Å².